The fourth-order valence-corrected chi connectivity index (χ4v) is 1.72. The minimum atomic E-state index is 0.591. The molecule has 0 spiro atoms. The van der Waals surface area contributed by atoms with Crippen molar-refractivity contribution < 1.29 is 0 Å². The second-order valence-electron chi connectivity index (χ2n) is 3.89. The Balaban J connectivity index is 2.38. The average Bonchev–Trinajstić information content (AvgIpc) is 2.17. The van der Waals surface area contributed by atoms with E-state index in [-0.39, 0.29) is 0 Å². The summed E-state index contributed by atoms with van der Waals surface area (Å²) in [6.07, 6.45) is 2.29. The summed E-state index contributed by atoms with van der Waals surface area (Å²) in [6.45, 7) is 4.43. The van der Waals surface area contributed by atoms with Crippen molar-refractivity contribution in [2.75, 3.05) is 0 Å². The van der Waals surface area contributed by atoms with Crippen LogP contribution < -0.4 is 0 Å². The zero-order valence-corrected chi connectivity index (χ0v) is 8.25. The number of benzene rings is 1. The summed E-state index contributed by atoms with van der Waals surface area (Å²) in [5.74, 6) is 0.591. The predicted molar refractivity (Wildman–Crippen MR) is 56.7 cm³/mol. The lowest BCUT2D eigenvalue weighted by Gasteiger charge is -2.17. The summed E-state index contributed by atoms with van der Waals surface area (Å²) in [7, 11) is 0. The Bertz CT molecular complexity index is 337. The molecular formula is C12H15N. The second-order valence-corrected chi connectivity index (χ2v) is 3.89. The van der Waals surface area contributed by atoms with Crippen molar-refractivity contribution in [3.63, 3.8) is 0 Å². The van der Waals surface area contributed by atoms with Crippen molar-refractivity contribution >= 4 is 11.4 Å². The third-order valence-electron chi connectivity index (χ3n) is 2.57. The summed E-state index contributed by atoms with van der Waals surface area (Å²) < 4.78 is 0. The first-order valence-electron chi connectivity index (χ1n) is 4.93. The van der Waals surface area contributed by atoms with E-state index in [1.54, 1.807) is 0 Å². The molecule has 68 valence electrons. The molecule has 1 aromatic carbocycles. The number of fused-ring (bicyclic) bond motifs is 1. The van der Waals surface area contributed by atoms with Crippen LogP contribution >= 0.6 is 0 Å². The van der Waals surface area contributed by atoms with Crippen molar-refractivity contribution in [1.82, 2.24) is 0 Å². The molecule has 1 heteroatoms. The van der Waals surface area contributed by atoms with E-state index in [2.05, 4.69) is 43.1 Å². The lowest BCUT2D eigenvalue weighted by molar-refractivity contribution is 0.826. The van der Waals surface area contributed by atoms with Gasteiger partial charge in [0.2, 0.25) is 0 Å². The van der Waals surface area contributed by atoms with Crippen LogP contribution in [0.25, 0.3) is 0 Å². The van der Waals surface area contributed by atoms with E-state index in [1.165, 1.54) is 17.0 Å². The molecule has 1 aliphatic heterocycles. The molecular weight excluding hydrogens is 158 g/mol. The summed E-state index contributed by atoms with van der Waals surface area (Å²) in [5, 5.41) is 0. The van der Waals surface area contributed by atoms with E-state index in [0.29, 0.717) is 5.92 Å². The lowest BCUT2D eigenvalue weighted by atomic mass is 9.96. The molecule has 0 atom stereocenters. The molecule has 13 heavy (non-hydrogen) atoms. The Morgan fingerprint density at radius 1 is 1.15 bits per heavy atom. The molecule has 1 aliphatic rings. The molecule has 0 N–H and O–H groups in total. The highest BCUT2D eigenvalue weighted by Crippen LogP contribution is 2.26. The van der Waals surface area contributed by atoms with Crippen LogP contribution in [-0.4, -0.2) is 5.71 Å². The number of hydrogen-bond donors (Lipinski definition) is 0. The van der Waals surface area contributed by atoms with Crippen molar-refractivity contribution in [2.24, 2.45) is 10.9 Å². The van der Waals surface area contributed by atoms with E-state index in [0.717, 1.165) is 12.8 Å². The van der Waals surface area contributed by atoms with Crippen molar-refractivity contribution in [3.05, 3.63) is 29.8 Å². The lowest BCUT2D eigenvalue weighted by Crippen LogP contribution is -2.11. The molecule has 0 aliphatic carbocycles. The average molecular weight is 173 g/mol. The smallest absolute Gasteiger partial charge is 0.0661 e. The Morgan fingerprint density at radius 3 is 2.69 bits per heavy atom. The highest BCUT2D eigenvalue weighted by molar-refractivity contribution is 5.90. The van der Waals surface area contributed by atoms with E-state index in [1.807, 2.05) is 0 Å². The molecule has 0 aromatic heterocycles. The minimum absolute atomic E-state index is 0.591. The molecule has 0 saturated heterocycles. The predicted octanol–water partition coefficient (Wildman–Crippen LogP) is 3.36. The maximum Gasteiger partial charge on any atom is 0.0661 e. The first-order chi connectivity index (χ1) is 6.27. The van der Waals surface area contributed by atoms with Gasteiger partial charge in [0.25, 0.3) is 0 Å². The number of aliphatic imine (C=N–C) groups is 1. The monoisotopic (exact) mass is 173 g/mol. The van der Waals surface area contributed by atoms with Gasteiger partial charge in [-0.2, -0.15) is 0 Å². The van der Waals surface area contributed by atoms with Gasteiger partial charge in [-0.15, -0.1) is 0 Å². The van der Waals surface area contributed by atoms with Crippen LogP contribution in [-0.2, 0) is 6.42 Å². The fraction of sp³-hybridized carbons (Fsp3) is 0.417. The molecule has 0 unspecified atom stereocenters. The number of hydrogen-bond acceptors (Lipinski definition) is 1. The van der Waals surface area contributed by atoms with Crippen LogP contribution in [0.5, 0.6) is 0 Å². The van der Waals surface area contributed by atoms with Gasteiger partial charge in [-0.3, -0.25) is 4.99 Å². The van der Waals surface area contributed by atoms with Crippen molar-refractivity contribution in [1.29, 1.82) is 0 Å². The minimum Gasteiger partial charge on any atom is -0.257 e. The quantitative estimate of drug-likeness (QED) is 0.617. The maximum atomic E-state index is 4.66. The summed E-state index contributed by atoms with van der Waals surface area (Å²) in [6, 6.07) is 8.44. The highest BCUT2D eigenvalue weighted by Gasteiger charge is 2.13. The van der Waals surface area contributed by atoms with Gasteiger partial charge in [0.05, 0.1) is 5.69 Å². The van der Waals surface area contributed by atoms with Crippen LogP contribution in [0.4, 0.5) is 5.69 Å². The van der Waals surface area contributed by atoms with E-state index >= 15 is 0 Å². The Morgan fingerprint density at radius 2 is 1.92 bits per heavy atom. The molecule has 2 rings (SSSR count). The largest absolute Gasteiger partial charge is 0.257 e. The molecule has 1 aromatic rings. The summed E-state index contributed by atoms with van der Waals surface area (Å²) in [4.78, 5) is 4.66. The van der Waals surface area contributed by atoms with Gasteiger partial charge < -0.3 is 0 Å². The van der Waals surface area contributed by atoms with E-state index in [4.69, 9.17) is 0 Å². The molecule has 0 fully saturated rings. The Labute approximate surface area is 79.5 Å². The third kappa shape index (κ3) is 1.64. The van der Waals surface area contributed by atoms with Gasteiger partial charge in [-0.05, 0) is 30.4 Å². The fourth-order valence-electron chi connectivity index (χ4n) is 1.72. The molecule has 1 nitrogen and oxygen atoms in total. The second kappa shape index (κ2) is 3.33. The number of rotatable bonds is 1. The van der Waals surface area contributed by atoms with Gasteiger partial charge in [0.15, 0.2) is 0 Å². The zero-order chi connectivity index (χ0) is 9.26. The topological polar surface area (TPSA) is 12.4 Å². The van der Waals surface area contributed by atoms with Gasteiger partial charge in [0, 0.05) is 5.71 Å². The summed E-state index contributed by atoms with van der Waals surface area (Å²) in [5.41, 5.74) is 3.92. The van der Waals surface area contributed by atoms with Crippen LogP contribution in [0.3, 0.4) is 0 Å². The first-order valence-corrected chi connectivity index (χ1v) is 4.93. The van der Waals surface area contributed by atoms with Crippen LogP contribution in [0.2, 0.25) is 0 Å². The Kier molecular flexibility index (Phi) is 2.17. The van der Waals surface area contributed by atoms with Crippen LogP contribution in [0.15, 0.2) is 29.3 Å². The maximum absolute atomic E-state index is 4.66. The normalized spacial score (nSPS) is 15.5. The number of para-hydroxylation sites is 1. The standard InChI is InChI=1S/C12H15N/c1-9(2)11-8-7-10-5-3-4-6-12(10)13-11/h3-6,9H,7-8H2,1-2H3. The van der Waals surface area contributed by atoms with E-state index < -0.39 is 0 Å². The molecule has 0 bridgehead atoms. The van der Waals surface area contributed by atoms with Crippen molar-refractivity contribution in [2.45, 2.75) is 26.7 Å². The summed E-state index contributed by atoms with van der Waals surface area (Å²) >= 11 is 0. The SMILES string of the molecule is CC(C)C1=Nc2ccccc2CC1. The molecule has 0 amide bonds. The molecule has 0 saturated carbocycles. The first kappa shape index (κ1) is 8.49. The Hall–Kier alpha value is -1.11. The van der Waals surface area contributed by atoms with Gasteiger partial charge in [-0.1, -0.05) is 32.0 Å². The van der Waals surface area contributed by atoms with Crippen molar-refractivity contribution in [3.8, 4) is 0 Å². The number of nitrogens with zero attached hydrogens (tertiary/aromatic N) is 1. The van der Waals surface area contributed by atoms with Crippen LogP contribution in [0, 0.1) is 5.92 Å². The van der Waals surface area contributed by atoms with Gasteiger partial charge >= 0.3 is 0 Å². The number of aryl methyl sites for hydroxylation is 1. The highest BCUT2D eigenvalue weighted by atomic mass is 14.8. The van der Waals surface area contributed by atoms with Crippen LogP contribution in [0.1, 0.15) is 25.8 Å². The zero-order valence-electron chi connectivity index (χ0n) is 8.25. The van der Waals surface area contributed by atoms with E-state index in [9.17, 15) is 0 Å². The molecule has 0 radical (unpaired) electrons. The van der Waals surface area contributed by atoms with Gasteiger partial charge in [-0.25, -0.2) is 0 Å². The third-order valence-corrected chi connectivity index (χ3v) is 2.57. The van der Waals surface area contributed by atoms with Gasteiger partial charge in [0.1, 0.15) is 0 Å². The molecule has 1 heterocycles.